The van der Waals surface area contributed by atoms with E-state index in [1.165, 1.54) is 37.1 Å². The van der Waals surface area contributed by atoms with Gasteiger partial charge >= 0.3 is 6.01 Å². The van der Waals surface area contributed by atoms with Crippen molar-refractivity contribution < 1.29 is 32.3 Å². The first-order valence-electron chi connectivity index (χ1n) is 17.8. The number of likely N-dealkylation sites (N-methyl/N-ethyl adjacent to an activating group) is 1. The second-order valence-electron chi connectivity index (χ2n) is 14.8. The molecule has 16 heteroatoms. The lowest BCUT2D eigenvalue weighted by Gasteiger charge is -2.31. The van der Waals surface area contributed by atoms with Crippen molar-refractivity contribution >= 4 is 51.1 Å². The number of pyridine rings is 1. The molecule has 3 saturated heterocycles. The molecule has 0 radical (unpaired) electrons. The van der Waals surface area contributed by atoms with Crippen LogP contribution in [-0.4, -0.2) is 110 Å². The van der Waals surface area contributed by atoms with Gasteiger partial charge in [-0.05, 0) is 44.7 Å². The quantitative estimate of drug-likeness (QED) is 0.180. The van der Waals surface area contributed by atoms with Crippen LogP contribution in [0, 0.1) is 5.82 Å². The number of hydrogen-bond acceptors (Lipinski definition) is 11. The van der Waals surface area contributed by atoms with E-state index >= 15 is 8.78 Å². The highest BCUT2D eigenvalue weighted by atomic mass is 35.5. The van der Waals surface area contributed by atoms with E-state index in [-0.39, 0.29) is 59.8 Å². The number of benzene rings is 2. The van der Waals surface area contributed by atoms with Crippen molar-refractivity contribution in [3.8, 4) is 17.3 Å². The maximum Gasteiger partial charge on any atom is 0.319 e. The Morgan fingerprint density at radius 3 is 2.74 bits per heavy atom. The number of rotatable bonds is 9. The Morgan fingerprint density at radius 1 is 1.17 bits per heavy atom. The van der Waals surface area contributed by atoms with Gasteiger partial charge in [0.05, 0.1) is 23.5 Å². The van der Waals surface area contributed by atoms with Gasteiger partial charge in [0.25, 0.3) is 5.89 Å². The van der Waals surface area contributed by atoms with Gasteiger partial charge in [-0.15, -0.1) is 0 Å². The SMILES string of the molecule is CN(c1nc(OC[C@@]23CCCN2C[C@H](F)C3)nc2c(F)c(-c3cccc4cccc(Cl)c34)ncc12)[C@@H]1CN(C(=O)/C=C/c2nc(C(C)(C)O)no2)C[C@H]1F. The van der Waals surface area contributed by atoms with E-state index in [9.17, 15) is 14.3 Å². The first-order chi connectivity index (χ1) is 25.8. The summed E-state index contributed by atoms with van der Waals surface area (Å²) in [5, 5.41) is 15.9. The van der Waals surface area contributed by atoms with Crippen molar-refractivity contribution in [2.24, 2.45) is 0 Å². The van der Waals surface area contributed by atoms with Crippen molar-refractivity contribution in [3.05, 3.63) is 71.2 Å². The zero-order valence-electron chi connectivity index (χ0n) is 29.8. The average Bonchev–Trinajstić information content (AvgIpc) is 3.93. The molecular formula is C38H38ClF3N8O4. The van der Waals surface area contributed by atoms with Crippen LogP contribution in [0.2, 0.25) is 5.02 Å². The van der Waals surface area contributed by atoms with Gasteiger partial charge in [0.2, 0.25) is 11.7 Å². The number of carbonyl (C=O) groups is 1. The van der Waals surface area contributed by atoms with Crippen LogP contribution in [0.5, 0.6) is 6.01 Å². The molecule has 1 N–H and O–H groups in total. The Balaban J connectivity index is 1.13. The number of carbonyl (C=O) groups excluding carboxylic acids is 1. The number of ether oxygens (including phenoxy) is 1. The van der Waals surface area contributed by atoms with Gasteiger partial charge in [-0.1, -0.05) is 47.1 Å². The highest BCUT2D eigenvalue weighted by Gasteiger charge is 2.49. The molecule has 0 unspecified atom stereocenters. The molecule has 3 aliphatic rings. The molecule has 0 bridgehead atoms. The van der Waals surface area contributed by atoms with Crippen LogP contribution in [0.15, 0.2) is 53.2 Å². The molecule has 5 aromatic rings. The predicted octanol–water partition coefficient (Wildman–Crippen LogP) is 5.90. The Kier molecular flexibility index (Phi) is 9.21. The summed E-state index contributed by atoms with van der Waals surface area (Å²) in [5.74, 6) is -1.03. The molecule has 0 spiro atoms. The van der Waals surface area contributed by atoms with Gasteiger partial charge in [-0.25, -0.2) is 13.2 Å². The van der Waals surface area contributed by atoms with Crippen LogP contribution < -0.4 is 9.64 Å². The minimum Gasteiger partial charge on any atom is -0.461 e. The van der Waals surface area contributed by atoms with E-state index in [2.05, 4.69) is 30.0 Å². The summed E-state index contributed by atoms with van der Waals surface area (Å²) in [6.07, 6.45) is 3.42. The molecule has 1 amide bonds. The smallest absolute Gasteiger partial charge is 0.319 e. The molecule has 3 fully saturated rings. The van der Waals surface area contributed by atoms with Crippen LogP contribution in [0.25, 0.3) is 39.0 Å². The van der Waals surface area contributed by atoms with Crippen LogP contribution in [-0.2, 0) is 10.4 Å². The summed E-state index contributed by atoms with van der Waals surface area (Å²) in [6.45, 7) is 3.94. The Bertz CT molecular complexity index is 2280. The molecule has 282 valence electrons. The summed E-state index contributed by atoms with van der Waals surface area (Å²) < 4.78 is 58.6. The summed E-state index contributed by atoms with van der Waals surface area (Å²) >= 11 is 6.60. The largest absolute Gasteiger partial charge is 0.461 e. The Labute approximate surface area is 313 Å². The maximum absolute atomic E-state index is 16.9. The predicted molar refractivity (Wildman–Crippen MR) is 196 cm³/mol. The molecule has 12 nitrogen and oxygen atoms in total. The molecule has 54 heavy (non-hydrogen) atoms. The number of aromatic nitrogens is 5. The lowest BCUT2D eigenvalue weighted by molar-refractivity contribution is -0.125. The minimum atomic E-state index is -1.51. The molecule has 3 aromatic heterocycles. The van der Waals surface area contributed by atoms with E-state index in [0.29, 0.717) is 28.9 Å². The number of alkyl halides is 2. The second kappa shape index (κ2) is 13.8. The lowest BCUT2D eigenvalue weighted by atomic mass is 9.95. The second-order valence-corrected chi connectivity index (χ2v) is 15.2. The van der Waals surface area contributed by atoms with Gasteiger partial charge in [0, 0.05) is 60.9 Å². The normalized spacial score (nSPS) is 23.3. The number of likely N-dealkylation sites (tertiary alicyclic amines) is 1. The number of aliphatic hydroxyl groups is 1. The zero-order valence-corrected chi connectivity index (χ0v) is 30.6. The molecular weight excluding hydrogens is 725 g/mol. The van der Waals surface area contributed by atoms with E-state index < -0.39 is 41.2 Å². The Morgan fingerprint density at radius 2 is 1.96 bits per heavy atom. The van der Waals surface area contributed by atoms with Crippen LogP contribution >= 0.6 is 11.6 Å². The van der Waals surface area contributed by atoms with Gasteiger partial charge in [0.15, 0.2) is 5.82 Å². The third kappa shape index (κ3) is 6.51. The summed E-state index contributed by atoms with van der Waals surface area (Å²) in [5.41, 5.74) is -1.47. The fraction of sp³-hybridized carbons (Fsp3) is 0.421. The highest BCUT2D eigenvalue weighted by molar-refractivity contribution is 6.36. The number of amides is 1. The number of anilines is 1. The number of fused-ring (bicyclic) bond motifs is 3. The van der Waals surface area contributed by atoms with Crippen molar-refractivity contribution in [3.63, 3.8) is 0 Å². The zero-order chi connectivity index (χ0) is 37.9. The van der Waals surface area contributed by atoms with Crippen LogP contribution in [0.3, 0.4) is 0 Å². The van der Waals surface area contributed by atoms with Crippen molar-refractivity contribution in [2.75, 3.05) is 44.7 Å². The first kappa shape index (κ1) is 36.1. The van der Waals surface area contributed by atoms with Crippen molar-refractivity contribution in [2.45, 2.75) is 62.6 Å². The average molecular weight is 763 g/mol. The topological polar surface area (TPSA) is 134 Å². The van der Waals surface area contributed by atoms with Gasteiger partial charge in [-0.2, -0.15) is 15.0 Å². The monoisotopic (exact) mass is 762 g/mol. The number of halogens is 4. The molecule has 4 atom stereocenters. The summed E-state index contributed by atoms with van der Waals surface area (Å²) in [6, 6.07) is 9.78. The maximum atomic E-state index is 16.9. The van der Waals surface area contributed by atoms with E-state index in [1.807, 2.05) is 18.2 Å². The van der Waals surface area contributed by atoms with E-state index in [4.69, 9.17) is 20.9 Å². The molecule has 6 heterocycles. The fourth-order valence-corrected chi connectivity index (χ4v) is 8.22. The van der Waals surface area contributed by atoms with Gasteiger partial charge in [-0.3, -0.25) is 14.7 Å². The number of hydrogen-bond donors (Lipinski definition) is 1. The molecule has 0 saturated carbocycles. The molecule has 8 rings (SSSR count). The highest BCUT2D eigenvalue weighted by Crippen LogP contribution is 2.41. The first-order valence-corrected chi connectivity index (χ1v) is 18.2. The minimum absolute atomic E-state index is 0.00435. The summed E-state index contributed by atoms with van der Waals surface area (Å²) in [4.78, 5) is 35.9. The van der Waals surface area contributed by atoms with Gasteiger partial charge < -0.3 is 24.2 Å². The van der Waals surface area contributed by atoms with Gasteiger partial charge in [0.1, 0.15) is 41.6 Å². The van der Waals surface area contributed by atoms with E-state index in [1.54, 1.807) is 30.1 Å². The number of nitrogens with zero attached hydrogens (tertiary/aromatic N) is 8. The molecule has 0 aliphatic carbocycles. The van der Waals surface area contributed by atoms with Crippen molar-refractivity contribution in [1.82, 2.24) is 34.9 Å². The van der Waals surface area contributed by atoms with E-state index in [0.717, 1.165) is 24.8 Å². The van der Waals surface area contributed by atoms with Crippen LogP contribution in [0.1, 0.15) is 44.8 Å². The lowest BCUT2D eigenvalue weighted by Crippen LogP contribution is -2.43. The molecule has 3 aliphatic heterocycles. The summed E-state index contributed by atoms with van der Waals surface area (Å²) in [7, 11) is 1.61. The third-order valence-corrected chi connectivity index (χ3v) is 11.0. The van der Waals surface area contributed by atoms with Crippen LogP contribution in [0.4, 0.5) is 19.0 Å². The Hall–Kier alpha value is -4.86. The molecule has 2 aromatic carbocycles. The standard InChI is InChI=1S/C38H38ClF3N8O4/c1-37(2,52)35-44-28(54-47-35)11-12-29(51)49-18-26(41)27(19-49)48(3)34-24-16-43-32(23-9-4-7-21-8-5-10-25(39)30(21)23)31(42)33(24)45-36(46-34)53-20-38-13-6-14-50(38)17-22(40)15-38/h4-5,7-12,16,22,26-27,52H,6,13-15,17-20H2,1-3H3/b12-11+/t22-,26-,27-,38+/m1/s1. The fourth-order valence-electron chi connectivity index (χ4n) is 7.93. The third-order valence-electron chi connectivity index (χ3n) is 10.7. The van der Waals surface area contributed by atoms with Crippen molar-refractivity contribution in [1.29, 1.82) is 0 Å².